The number of amides is 2. The molecule has 1 saturated heterocycles. The molecule has 1 aromatic carbocycles. The van der Waals surface area contributed by atoms with E-state index in [1.165, 1.54) is 0 Å². The third-order valence-corrected chi connectivity index (χ3v) is 4.31. The van der Waals surface area contributed by atoms with Crippen LogP contribution in [0.15, 0.2) is 24.3 Å². The molecule has 1 fully saturated rings. The quantitative estimate of drug-likeness (QED) is 0.922. The van der Waals surface area contributed by atoms with E-state index >= 15 is 0 Å². The van der Waals surface area contributed by atoms with Gasteiger partial charge in [0.2, 0.25) is 5.91 Å². The number of rotatable bonds is 4. The normalized spacial score (nSPS) is 15.9. The Balaban J connectivity index is 1.77. The summed E-state index contributed by atoms with van der Waals surface area (Å²) < 4.78 is 5.63. The van der Waals surface area contributed by atoms with Crippen LogP contribution in [0.3, 0.4) is 0 Å². The van der Waals surface area contributed by atoms with E-state index in [4.69, 9.17) is 4.74 Å². The lowest BCUT2D eigenvalue weighted by Crippen LogP contribution is -2.49. The van der Waals surface area contributed by atoms with E-state index < -0.39 is 0 Å². The second-order valence-corrected chi connectivity index (χ2v) is 7.43. The summed E-state index contributed by atoms with van der Waals surface area (Å²) in [5.74, 6) is 0.812. The summed E-state index contributed by atoms with van der Waals surface area (Å²) in [6, 6.07) is 7.83. The van der Waals surface area contributed by atoms with Crippen molar-refractivity contribution in [1.29, 1.82) is 0 Å². The molecule has 0 saturated carbocycles. The lowest BCUT2D eigenvalue weighted by molar-refractivity contribution is -0.134. The molecular formula is C19H28N2O3. The number of carbonyl (C=O) groups is 2. The van der Waals surface area contributed by atoms with Gasteiger partial charge in [-0.2, -0.15) is 0 Å². The van der Waals surface area contributed by atoms with Gasteiger partial charge in [0.05, 0.1) is 0 Å². The van der Waals surface area contributed by atoms with E-state index in [9.17, 15) is 9.59 Å². The number of nitrogens with one attached hydrogen (secondary N) is 1. The Hall–Kier alpha value is -2.04. The van der Waals surface area contributed by atoms with Crippen LogP contribution in [-0.4, -0.2) is 42.5 Å². The molecule has 24 heavy (non-hydrogen) atoms. The van der Waals surface area contributed by atoms with E-state index in [-0.39, 0.29) is 29.9 Å². The zero-order valence-corrected chi connectivity index (χ0v) is 15.1. The van der Waals surface area contributed by atoms with Gasteiger partial charge in [-0.05, 0) is 31.4 Å². The SMILES string of the molecule is Cc1ccccc1OCC(=O)N1CCC(NC(=O)C(C)(C)C)CC1. The van der Waals surface area contributed by atoms with Crippen LogP contribution < -0.4 is 10.1 Å². The van der Waals surface area contributed by atoms with E-state index in [1.54, 1.807) is 0 Å². The first-order valence-corrected chi connectivity index (χ1v) is 8.54. The number of likely N-dealkylation sites (tertiary alicyclic amines) is 1. The van der Waals surface area contributed by atoms with Gasteiger partial charge in [0.1, 0.15) is 5.75 Å². The van der Waals surface area contributed by atoms with Crippen molar-refractivity contribution in [3.8, 4) is 5.75 Å². The number of aryl methyl sites for hydroxylation is 1. The Morgan fingerprint density at radius 3 is 2.42 bits per heavy atom. The van der Waals surface area contributed by atoms with Gasteiger partial charge in [-0.25, -0.2) is 0 Å². The highest BCUT2D eigenvalue weighted by Crippen LogP contribution is 2.18. The fraction of sp³-hybridized carbons (Fsp3) is 0.579. The van der Waals surface area contributed by atoms with Gasteiger partial charge in [-0.15, -0.1) is 0 Å². The summed E-state index contributed by atoms with van der Waals surface area (Å²) in [6.07, 6.45) is 1.58. The zero-order valence-electron chi connectivity index (χ0n) is 15.1. The molecule has 0 unspecified atom stereocenters. The summed E-state index contributed by atoms with van der Waals surface area (Å²) in [4.78, 5) is 26.1. The van der Waals surface area contributed by atoms with Crippen LogP contribution in [-0.2, 0) is 9.59 Å². The second-order valence-electron chi connectivity index (χ2n) is 7.43. The van der Waals surface area contributed by atoms with Gasteiger partial charge in [0, 0.05) is 24.5 Å². The van der Waals surface area contributed by atoms with Crippen molar-refractivity contribution in [1.82, 2.24) is 10.2 Å². The Morgan fingerprint density at radius 1 is 1.21 bits per heavy atom. The topological polar surface area (TPSA) is 58.6 Å². The molecular weight excluding hydrogens is 304 g/mol. The van der Waals surface area contributed by atoms with E-state index in [0.29, 0.717) is 13.1 Å². The van der Waals surface area contributed by atoms with Gasteiger partial charge in [0.25, 0.3) is 5.91 Å². The van der Waals surface area contributed by atoms with Crippen molar-refractivity contribution in [2.75, 3.05) is 19.7 Å². The van der Waals surface area contributed by atoms with Crippen molar-refractivity contribution < 1.29 is 14.3 Å². The van der Waals surface area contributed by atoms with Gasteiger partial charge in [-0.1, -0.05) is 39.0 Å². The number of benzene rings is 1. The van der Waals surface area contributed by atoms with Gasteiger partial charge in [-0.3, -0.25) is 9.59 Å². The monoisotopic (exact) mass is 332 g/mol. The fourth-order valence-electron chi connectivity index (χ4n) is 2.62. The average Bonchev–Trinajstić information content (AvgIpc) is 2.53. The van der Waals surface area contributed by atoms with Gasteiger partial charge < -0.3 is 15.0 Å². The summed E-state index contributed by atoms with van der Waals surface area (Å²) in [7, 11) is 0. The van der Waals surface area contributed by atoms with E-state index in [0.717, 1.165) is 24.2 Å². The zero-order chi connectivity index (χ0) is 17.7. The van der Waals surface area contributed by atoms with Gasteiger partial charge >= 0.3 is 0 Å². The smallest absolute Gasteiger partial charge is 0.260 e. The Kier molecular flexibility index (Phi) is 5.86. The number of ether oxygens (including phenoxy) is 1. The van der Waals surface area contributed by atoms with Crippen molar-refractivity contribution in [3.63, 3.8) is 0 Å². The summed E-state index contributed by atoms with van der Waals surface area (Å²) in [5.41, 5.74) is 0.642. The van der Waals surface area contributed by atoms with Crippen LogP contribution in [0.4, 0.5) is 0 Å². The van der Waals surface area contributed by atoms with Crippen LogP contribution in [0.5, 0.6) is 5.75 Å². The number of carbonyl (C=O) groups excluding carboxylic acids is 2. The van der Waals surface area contributed by atoms with E-state index in [1.807, 2.05) is 56.9 Å². The molecule has 2 amide bonds. The lowest BCUT2D eigenvalue weighted by atomic mass is 9.94. The highest BCUT2D eigenvalue weighted by molar-refractivity contribution is 5.81. The molecule has 1 aliphatic heterocycles. The molecule has 1 aliphatic rings. The number of para-hydroxylation sites is 1. The lowest BCUT2D eigenvalue weighted by Gasteiger charge is -2.33. The van der Waals surface area contributed by atoms with Crippen LogP contribution >= 0.6 is 0 Å². The molecule has 0 atom stereocenters. The average molecular weight is 332 g/mol. The van der Waals surface area contributed by atoms with Crippen LogP contribution in [0, 0.1) is 12.3 Å². The maximum absolute atomic E-state index is 12.3. The predicted molar refractivity (Wildman–Crippen MR) is 93.9 cm³/mol. The van der Waals surface area contributed by atoms with Crippen molar-refractivity contribution in [2.24, 2.45) is 5.41 Å². The van der Waals surface area contributed by atoms with Gasteiger partial charge in [0.15, 0.2) is 6.61 Å². The van der Waals surface area contributed by atoms with Crippen molar-refractivity contribution >= 4 is 11.8 Å². The minimum absolute atomic E-state index is 0.00106. The summed E-state index contributed by atoms with van der Waals surface area (Å²) in [5, 5.41) is 3.08. The molecule has 1 heterocycles. The highest BCUT2D eigenvalue weighted by atomic mass is 16.5. The maximum atomic E-state index is 12.3. The molecule has 0 spiro atoms. The minimum atomic E-state index is -0.381. The summed E-state index contributed by atoms with van der Waals surface area (Å²) in [6.45, 7) is 9.06. The molecule has 132 valence electrons. The van der Waals surface area contributed by atoms with Crippen LogP contribution in [0.1, 0.15) is 39.2 Å². The first kappa shape index (κ1) is 18.3. The Labute approximate surface area is 144 Å². The Morgan fingerprint density at radius 2 is 1.83 bits per heavy atom. The molecule has 0 aliphatic carbocycles. The third kappa shape index (κ3) is 4.98. The van der Waals surface area contributed by atoms with Crippen LogP contribution in [0.2, 0.25) is 0 Å². The standard InChI is InChI=1S/C19H28N2O3/c1-14-7-5-6-8-16(14)24-13-17(22)21-11-9-15(10-12-21)20-18(23)19(2,3)4/h5-8,15H,9-13H2,1-4H3,(H,20,23). The first-order chi connectivity index (χ1) is 11.3. The number of nitrogens with zero attached hydrogens (tertiary/aromatic N) is 1. The predicted octanol–water partition coefficient (Wildman–Crippen LogP) is 2.53. The number of piperidine rings is 1. The molecule has 1 aromatic rings. The molecule has 1 N–H and O–H groups in total. The minimum Gasteiger partial charge on any atom is -0.484 e. The molecule has 5 nitrogen and oxygen atoms in total. The van der Waals surface area contributed by atoms with Crippen LogP contribution in [0.25, 0.3) is 0 Å². The molecule has 0 radical (unpaired) electrons. The molecule has 5 heteroatoms. The largest absolute Gasteiger partial charge is 0.484 e. The van der Waals surface area contributed by atoms with Crippen molar-refractivity contribution in [3.05, 3.63) is 29.8 Å². The molecule has 0 aromatic heterocycles. The second kappa shape index (κ2) is 7.69. The maximum Gasteiger partial charge on any atom is 0.260 e. The number of hydrogen-bond donors (Lipinski definition) is 1. The van der Waals surface area contributed by atoms with Crippen molar-refractivity contribution in [2.45, 2.75) is 46.6 Å². The fourth-order valence-corrected chi connectivity index (χ4v) is 2.62. The summed E-state index contributed by atoms with van der Waals surface area (Å²) >= 11 is 0. The third-order valence-electron chi connectivity index (χ3n) is 4.31. The molecule has 2 rings (SSSR count). The number of hydrogen-bond acceptors (Lipinski definition) is 3. The first-order valence-electron chi connectivity index (χ1n) is 8.54. The highest BCUT2D eigenvalue weighted by Gasteiger charge is 2.28. The van der Waals surface area contributed by atoms with E-state index in [2.05, 4.69) is 5.32 Å². The molecule has 0 bridgehead atoms. The Bertz CT molecular complexity index is 585.